The van der Waals surface area contributed by atoms with Crippen LogP contribution in [0.4, 0.5) is 11.6 Å². The van der Waals surface area contributed by atoms with E-state index in [1.807, 2.05) is 32.1 Å². The number of nitrogens with one attached hydrogen (secondary N) is 1. The number of allylic oxidation sites excluding steroid dienone is 1. The molecule has 0 aliphatic carbocycles. The summed E-state index contributed by atoms with van der Waals surface area (Å²) < 4.78 is 31.7. The van der Waals surface area contributed by atoms with Gasteiger partial charge < -0.3 is 10.1 Å². The van der Waals surface area contributed by atoms with E-state index in [9.17, 15) is 8.42 Å². The fourth-order valence-electron chi connectivity index (χ4n) is 4.10. The van der Waals surface area contributed by atoms with Gasteiger partial charge in [0.2, 0.25) is 21.9 Å². The zero-order chi connectivity index (χ0) is 27.1. The molecule has 1 aromatic heterocycles. The molecule has 1 aliphatic rings. The Balaban J connectivity index is 1.42. The molecule has 4 rings (SSSR count). The maximum absolute atomic E-state index is 12.0. The molecule has 2 aromatic carbocycles. The summed E-state index contributed by atoms with van der Waals surface area (Å²) in [5.41, 5.74) is 5.25. The molecule has 0 saturated carbocycles. The minimum absolute atomic E-state index is 0.137. The van der Waals surface area contributed by atoms with Crippen molar-refractivity contribution in [1.82, 2.24) is 14.3 Å². The standard InChI is InChI=1S/C29H29N5O3S/c1-4-38(35,36)34-16-13-23(14-17-34)6-5-7-25-18-21(2)28(22(3)19-25)37-27-12-15-31-29(33-27)32-26-10-8-24(20-30)9-11-26/h6,8-12,15,18-19H,4,13-14,16-17H2,1-3H3,(H,31,32,33). The molecule has 194 valence electrons. The van der Waals surface area contributed by atoms with Crippen LogP contribution in [0.2, 0.25) is 0 Å². The molecule has 9 heteroatoms. The Morgan fingerprint density at radius 3 is 2.39 bits per heavy atom. The molecule has 0 atom stereocenters. The van der Waals surface area contributed by atoms with Crippen molar-refractivity contribution >= 4 is 21.7 Å². The number of sulfonamides is 1. The molecule has 0 amide bonds. The van der Waals surface area contributed by atoms with E-state index in [2.05, 4.69) is 33.2 Å². The third kappa shape index (κ3) is 6.77. The van der Waals surface area contributed by atoms with Crippen LogP contribution in [0.25, 0.3) is 0 Å². The first-order valence-electron chi connectivity index (χ1n) is 12.3. The number of aromatic nitrogens is 2. The first kappa shape index (κ1) is 26.9. The predicted molar refractivity (Wildman–Crippen MR) is 148 cm³/mol. The maximum atomic E-state index is 12.0. The van der Waals surface area contributed by atoms with Gasteiger partial charge in [-0.1, -0.05) is 17.4 Å². The second kappa shape index (κ2) is 11.9. The molecule has 0 unspecified atom stereocenters. The first-order chi connectivity index (χ1) is 18.3. The van der Waals surface area contributed by atoms with Gasteiger partial charge in [-0.05, 0) is 87.2 Å². The fourth-order valence-corrected chi connectivity index (χ4v) is 5.21. The molecule has 2 heterocycles. The average Bonchev–Trinajstić information content (AvgIpc) is 2.92. The number of piperidine rings is 1. The summed E-state index contributed by atoms with van der Waals surface area (Å²) in [6.07, 6.45) is 4.95. The van der Waals surface area contributed by atoms with Crippen LogP contribution in [0.15, 0.2) is 60.3 Å². The molecule has 1 saturated heterocycles. The maximum Gasteiger partial charge on any atom is 0.230 e. The summed E-state index contributed by atoms with van der Waals surface area (Å²) in [5, 5.41) is 12.1. The van der Waals surface area contributed by atoms with Crippen LogP contribution in [0, 0.1) is 37.0 Å². The van der Waals surface area contributed by atoms with Crippen molar-refractivity contribution in [2.45, 2.75) is 33.6 Å². The molecular weight excluding hydrogens is 498 g/mol. The second-order valence-corrected chi connectivity index (χ2v) is 11.2. The number of rotatable bonds is 6. The molecule has 1 aliphatic heterocycles. The molecule has 1 N–H and O–H groups in total. The van der Waals surface area contributed by atoms with Crippen molar-refractivity contribution in [3.05, 3.63) is 82.6 Å². The van der Waals surface area contributed by atoms with Gasteiger partial charge >= 0.3 is 0 Å². The normalized spacial score (nSPS) is 13.7. The number of ether oxygens (including phenoxy) is 1. The van der Waals surface area contributed by atoms with Crippen LogP contribution in [-0.2, 0) is 10.0 Å². The lowest BCUT2D eigenvalue weighted by molar-refractivity contribution is 0.387. The highest BCUT2D eigenvalue weighted by molar-refractivity contribution is 7.89. The van der Waals surface area contributed by atoms with E-state index in [-0.39, 0.29) is 5.75 Å². The van der Waals surface area contributed by atoms with Gasteiger partial charge in [-0.25, -0.2) is 17.7 Å². The van der Waals surface area contributed by atoms with Crippen molar-refractivity contribution in [2.24, 2.45) is 0 Å². The summed E-state index contributed by atoms with van der Waals surface area (Å²) in [4.78, 5) is 8.70. The van der Waals surface area contributed by atoms with Gasteiger partial charge in [-0.15, -0.1) is 0 Å². The van der Waals surface area contributed by atoms with Crippen molar-refractivity contribution in [2.75, 3.05) is 24.2 Å². The van der Waals surface area contributed by atoms with Crippen LogP contribution < -0.4 is 10.1 Å². The van der Waals surface area contributed by atoms with Gasteiger partial charge in [0.05, 0.1) is 17.4 Å². The van der Waals surface area contributed by atoms with Crippen LogP contribution in [-0.4, -0.2) is 41.5 Å². The first-order valence-corrected chi connectivity index (χ1v) is 13.9. The Morgan fingerprint density at radius 2 is 1.76 bits per heavy atom. The molecule has 3 aromatic rings. The Bertz CT molecular complexity index is 1530. The lowest BCUT2D eigenvalue weighted by Gasteiger charge is -2.26. The predicted octanol–water partition coefficient (Wildman–Crippen LogP) is 5.22. The van der Waals surface area contributed by atoms with Crippen LogP contribution in [0.3, 0.4) is 0 Å². The number of nitriles is 1. The second-order valence-electron chi connectivity index (χ2n) is 8.95. The van der Waals surface area contributed by atoms with Gasteiger partial charge in [-0.3, -0.25) is 0 Å². The van der Waals surface area contributed by atoms with Crippen molar-refractivity contribution < 1.29 is 13.2 Å². The summed E-state index contributed by atoms with van der Waals surface area (Å²) >= 11 is 0. The Labute approximate surface area is 224 Å². The Hall–Kier alpha value is -4.18. The zero-order valence-corrected chi connectivity index (χ0v) is 22.5. The lowest BCUT2D eigenvalue weighted by Crippen LogP contribution is -2.37. The molecule has 0 spiro atoms. The molecule has 0 radical (unpaired) electrons. The summed E-state index contributed by atoms with van der Waals surface area (Å²) in [6, 6.07) is 14.8. The highest BCUT2D eigenvalue weighted by atomic mass is 32.2. The van der Waals surface area contributed by atoms with E-state index >= 15 is 0 Å². The van der Waals surface area contributed by atoms with Crippen molar-refractivity contribution in [1.29, 1.82) is 5.26 Å². The minimum Gasteiger partial charge on any atom is -0.438 e. The summed E-state index contributed by atoms with van der Waals surface area (Å²) in [7, 11) is -3.13. The number of benzene rings is 2. The van der Waals surface area contributed by atoms with Crippen molar-refractivity contribution in [3.8, 4) is 29.5 Å². The summed E-state index contributed by atoms with van der Waals surface area (Å²) in [5.74, 6) is 7.96. The van der Waals surface area contributed by atoms with E-state index in [0.29, 0.717) is 49.1 Å². The van der Waals surface area contributed by atoms with Crippen LogP contribution in [0.5, 0.6) is 11.6 Å². The third-order valence-corrected chi connectivity index (χ3v) is 8.06. The van der Waals surface area contributed by atoms with Gasteiger partial charge in [-0.2, -0.15) is 10.2 Å². The monoisotopic (exact) mass is 527 g/mol. The van der Waals surface area contributed by atoms with Crippen LogP contribution in [0.1, 0.15) is 42.0 Å². The molecule has 38 heavy (non-hydrogen) atoms. The Kier molecular flexibility index (Phi) is 8.42. The van der Waals surface area contributed by atoms with Gasteiger partial charge in [0.1, 0.15) is 5.75 Å². The molecule has 8 nitrogen and oxygen atoms in total. The SMILES string of the molecule is CCS(=O)(=O)N1CCC(=CC#Cc2cc(C)c(Oc3ccnc(Nc4ccc(C#N)cc4)n3)c(C)c2)CC1. The molecular formula is C29H29N5O3S. The zero-order valence-electron chi connectivity index (χ0n) is 21.7. The van der Waals surface area contributed by atoms with Gasteiger partial charge in [0.15, 0.2) is 0 Å². The fraction of sp³-hybridized carbons (Fsp3) is 0.276. The third-order valence-electron chi connectivity index (χ3n) is 6.18. The minimum atomic E-state index is -3.13. The number of anilines is 2. The van der Waals surface area contributed by atoms with E-state index in [1.54, 1.807) is 47.8 Å². The van der Waals surface area contributed by atoms with Gasteiger partial charge in [0.25, 0.3) is 0 Å². The highest BCUT2D eigenvalue weighted by Crippen LogP contribution is 2.29. The molecule has 0 bridgehead atoms. The molecule has 1 fully saturated rings. The lowest BCUT2D eigenvalue weighted by atomic mass is 10.0. The average molecular weight is 528 g/mol. The number of nitrogens with zero attached hydrogens (tertiary/aromatic N) is 4. The van der Waals surface area contributed by atoms with E-state index < -0.39 is 10.0 Å². The topological polar surface area (TPSA) is 108 Å². The van der Waals surface area contributed by atoms with Gasteiger partial charge in [0, 0.05) is 36.6 Å². The van der Waals surface area contributed by atoms with E-state index in [4.69, 9.17) is 10.00 Å². The smallest absolute Gasteiger partial charge is 0.230 e. The van der Waals surface area contributed by atoms with Crippen LogP contribution >= 0.6 is 0 Å². The number of hydrogen-bond donors (Lipinski definition) is 1. The largest absolute Gasteiger partial charge is 0.438 e. The van der Waals surface area contributed by atoms with E-state index in [1.165, 1.54) is 5.57 Å². The highest BCUT2D eigenvalue weighted by Gasteiger charge is 2.23. The summed E-state index contributed by atoms with van der Waals surface area (Å²) in [6.45, 7) is 6.64. The quantitative estimate of drug-likeness (QED) is 0.438. The number of aryl methyl sites for hydroxylation is 2. The van der Waals surface area contributed by atoms with E-state index in [0.717, 1.165) is 22.4 Å². The van der Waals surface area contributed by atoms with Crippen molar-refractivity contribution in [3.63, 3.8) is 0 Å². The number of hydrogen-bond acceptors (Lipinski definition) is 7. The Morgan fingerprint density at radius 1 is 1.08 bits per heavy atom.